The van der Waals surface area contributed by atoms with Crippen LogP contribution in [0.25, 0.3) is 0 Å². The lowest BCUT2D eigenvalue weighted by atomic mass is 10.1. The Hall–Kier alpha value is -1.33. The molecule has 0 unspecified atom stereocenters. The highest BCUT2D eigenvalue weighted by atomic mass is 35.5. The van der Waals surface area contributed by atoms with Gasteiger partial charge in [-0.1, -0.05) is 32.4 Å². The third kappa shape index (κ3) is 3.61. The molecule has 0 spiro atoms. The van der Waals surface area contributed by atoms with E-state index in [-0.39, 0.29) is 16.4 Å². The summed E-state index contributed by atoms with van der Waals surface area (Å²) in [5.41, 5.74) is 0.0340. The fourth-order valence-electron chi connectivity index (χ4n) is 1.31. The van der Waals surface area contributed by atoms with E-state index in [1.165, 1.54) is 18.2 Å². The van der Waals surface area contributed by atoms with Gasteiger partial charge in [0.1, 0.15) is 5.75 Å². The molecular weight excluding hydrogens is 296 g/mol. The Kier molecular flexibility index (Phi) is 4.66. The van der Waals surface area contributed by atoms with Crippen LogP contribution in [0.5, 0.6) is 5.75 Å². The third-order valence-corrected chi connectivity index (χ3v) is 8.13. The van der Waals surface area contributed by atoms with E-state index < -0.39 is 20.1 Å². The lowest BCUT2D eigenvalue weighted by Crippen LogP contribution is -2.44. The Morgan fingerprint density at radius 3 is 2.25 bits per heavy atom. The van der Waals surface area contributed by atoms with Gasteiger partial charge in [0.05, 0.1) is 5.56 Å². The van der Waals surface area contributed by atoms with E-state index in [0.717, 1.165) is 0 Å². The number of aliphatic carboxylic acids is 1. The molecule has 0 heterocycles. The number of Topliss-reactive ketones (excluding diaryl/α,β-unsaturated/α-hetero) is 1. The smallest absolute Gasteiger partial charge is 0.377 e. The molecule has 0 fully saturated rings. The van der Waals surface area contributed by atoms with Crippen LogP contribution in [0.15, 0.2) is 18.2 Å². The van der Waals surface area contributed by atoms with Crippen LogP contribution < -0.4 is 4.43 Å². The average molecular weight is 315 g/mol. The summed E-state index contributed by atoms with van der Waals surface area (Å²) in [6.45, 7) is 10.2. The maximum absolute atomic E-state index is 11.7. The third-order valence-electron chi connectivity index (χ3n) is 3.55. The first-order valence-electron chi connectivity index (χ1n) is 6.22. The van der Waals surface area contributed by atoms with Crippen LogP contribution in [0.3, 0.4) is 0 Å². The molecule has 6 heteroatoms. The minimum Gasteiger partial charge on any atom is -0.543 e. The second-order valence-corrected chi connectivity index (χ2v) is 11.3. The van der Waals surface area contributed by atoms with Crippen LogP contribution >= 0.6 is 11.6 Å². The van der Waals surface area contributed by atoms with Gasteiger partial charge in [-0.3, -0.25) is 4.79 Å². The molecule has 0 amide bonds. The summed E-state index contributed by atoms with van der Waals surface area (Å²) in [7, 11) is -2.18. The summed E-state index contributed by atoms with van der Waals surface area (Å²) in [6.07, 6.45) is 0. The Morgan fingerprint density at radius 1 is 1.25 bits per heavy atom. The Bertz CT molecular complexity index is 547. The zero-order valence-electron chi connectivity index (χ0n) is 12.3. The molecule has 1 aromatic carbocycles. The first kappa shape index (κ1) is 16.7. The molecule has 0 radical (unpaired) electrons. The number of ketones is 1. The SMILES string of the molecule is CC(C)(C)[Si](C)(C)Oc1cc(Cl)ccc1C(=O)C(=O)O. The van der Waals surface area contributed by atoms with Crippen molar-refractivity contribution in [2.24, 2.45) is 0 Å². The van der Waals surface area contributed by atoms with Gasteiger partial charge >= 0.3 is 5.97 Å². The first-order valence-corrected chi connectivity index (χ1v) is 9.50. The maximum Gasteiger partial charge on any atom is 0.377 e. The van der Waals surface area contributed by atoms with Crippen molar-refractivity contribution in [2.45, 2.75) is 38.9 Å². The summed E-state index contributed by atoms with van der Waals surface area (Å²) < 4.78 is 6.02. The molecular formula is C14H19ClO4Si. The quantitative estimate of drug-likeness (QED) is 0.518. The van der Waals surface area contributed by atoms with Gasteiger partial charge in [-0.25, -0.2) is 4.79 Å². The maximum atomic E-state index is 11.7. The zero-order valence-corrected chi connectivity index (χ0v) is 14.0. The number of halogens is 1. The van der Waals surface area contributed by atoms with E-state index in [4.69, 9.17) is 21.1 Å². The van der Waals surface area contributed by atoms with Crippen LogP contribution in [0.1, 0.15) is 31.1 Å². The number of carboxylic acid groups (broad SMARTS) is 1. The standard InChI is InChI=1S/C14H19ClO4Si/c1-14(2,3)20(4,5)19-11-8-9(15)6-7-10(11)12(16)13(17)18/h6-8H,1-5H3,(H,17,18). The molecule has 0 aliphatic rings. The van der Waals surface area contributed by atoms with Crippen LogP contribution in [0.4, 0.5) is 0 Å². The van der Waals surface area contributed by atoms with Gasteiger partial charge in [-0.15, -0.1) is 0 Å². The van der Waals surface area contributed by atoms with E-state index in [0.29, 0.717) is 5.02 Å². The van der Waals surface area contributed by atoms with Crippen LogP contribution in [0.2, 0.25) is 23.2 Å². The Morgan fingerprint density at radius 2 is 1.80 bits per heavy atom. The minimum absolute atomic E-state index is 0.0340. The van der Waals surface area contributed by atoms with Gasteiger partial charge < -0.3 is 9.53 Å². The lowest BCUT2D eigenvalue weighted by Gasteiger charge is -2.36. The van der Waals surface area contributed by atoms with E-state index >= 15 is 0 Å². The van der Waals surface area contributed by atoms with E-state index in [9.17, 15) is 9.59 Å². The highest BCUT2D eigenvalue weighted by molar-refractivity contribution is 6.74. The summed E-state index contributed by atoms with van der Waals surface area (Å²) in [5.74, 6) is -2.25. The molecule has 0 saturated heterocycles. The number of carbonyl (C=O) groups is 2. The molecule has 20 heavy (non-hydrogen) atoms. The van der Waals surface area contributed by atoms with Crippen LogP contribution in [0, 0.1) is 0 Å². The van der Waals surface area contributed by atoms with Gasteiger partial charge in [-0.2, -0.15) is 0 Å². The van der Waals surface area contributed by atoms with Gasteiger partial charge in [0.15, 0.2) is 0 Å². The second kappa shape index (κ2) is 5.58. The molecule has 0 saturated carbocycles. The monoisotopic (exact) mass is 314 g/mol. The summed E-state index contributed by atoms with van der Waals surface area (Å²) in [5, 5.41) is 9.19. The molecule has 0 aliphatic carbocycles. The number of hydrogen-bond donors (Lipinski definition) is 1. The largest absolute Gasteiger partial charge is 0.543 e. The first-order chi connectivity index (χ1) is 8.95. The van der Waals surface area contributed by atoms with E-state index in [1.807, 2.05) is 13.1 Å². The van der Waals surface area contributed by atoms with Crippen molar-refractivity contribution in [3.63, 3.8) is 0 Å². The molecule has 0 aliphatic heterocycles. The molecule has 0 bridgehead atoms. The molecule has 0 atom stereocenters. The predicted octanol–water partition coefficient (Wildman–Crippen LogP) is 3.99. The van der Waals surface area contributed by atoms with Gasteiger partial charge in [0.2, 0.25) is 0 Å². The van der Waals surface area contributed by atoms with Crippen molar-refractivity contribution >= 4 is 31.7 Å². The molecule has 1 N–H and O–H groups in total. The highest BCUT2D eigenvalue weighted by Crippen LogP contribution is 2.38. The highest BCUT2D eigenvalue weighted by Gasteiger charge is 2.40. The van der Waals surface area contributed by atoms with Crippen molar-refractivity contribution in [3.05, 3.63) is 28.8 Å². The summed E-state index contributed by atoms with van der Waals surface area (Å²) in [6, 6.07) is 4.37. The van der Waals surface area contributed by atoms with E-state index in [1.54, 1.807) is 0 Å². The molecule has 0 aromatic heterocycles. The average Bonchev–Trinajstić information content (AvgIpc) is 2.26. The fraction of sp³-hybridized carbons (Fsp3) is 0.429. The van der Waals surface area contributed by atoms with Crippen molar-refractivity contribution in [1.82, 2.24) is 0 Å². The Labute approximate surface area is 124 Å². The number of rotatable bonds is 4. The summed E-state index contributed by atoms with van der Waals surface area (Å²) in [4.78, 5) is 22.6. The number of carbonyl (C=O) groups excluding carboxylic acids is 1. The minimum atomic E-state index is -2.18. The zero-order chi connectivity index (χ0) is 15.7. The van der Waals surface area contributed by atoms with E-state index in [2.05, 4.69) is 20.8 Å². The Balaban J connectivity index is 3.27. The van der Waals surface area contributed by atoms with Crippen molar-refractivity contribution in [3.8, 4) is 5.75 Å². The predicted molar refractivity (Wildman–Crippen MR) is 81.2 cm³/mol. The molecule has 110 valence electrons. The summed E-state index contributed by atoms with van der Waals surface area (Å²) >= 11 is 5.92. The van der Waals surface area contributed by atoms with Crippen molar-refractivity contribution in [1.29, 1.82) is 0 Å². The number of hydrogen-bond acceptors (Lipinski definition) is 3. The lowest BCUT2D eigenvalue weighted by molar-refractivity contribution is -0.131. The van der Waals surface area contributed by atoms with Gasteiger partial charge in [-0.05, 0) is 36.3 Å². The van der Waals surface area contributed by atoms with Crippen molar-refractivity contribution < 1.29 is 19.1 Å². The van der Waals surface area contributed by atoms with Gasteiger partial charge in [0, 0.05) is 5.02 Å². The normalized spacial score (nSPS) is 12.1. The second-order valence-electron chi connectivity index (χ2n) is 6.14. The van der Waals surface area contributed by atoms with Crippen LogP contribution in [-0.2, 0) is 4.79 Å². The van der Waals surface area contributed by atoms with Crippen LogP contribution in [-0.4, -0.2) is 25.2 Å². The number of benzene rings is 1. The fourth-order valence-corrected chi connectivity index (χ4v) is 2.50. The molecule has 1 aromatic rings. The topological polar surface area (TPSA) is 63.6 Å². The van der Waals surface area contributed by atoms with Crippen molar-refractivity contribution in [2.75, 3.05) is 0 Å². The van der Waals surface area contributed by atoms with Gasteiger partial charge in [0.25, 0.3) is 14.1 Å². The molecule has 4 nitrogen and oxygen atoms in total. The number of carboxylic acids is 1. The molecule has 1 rings (SSSR count).